The molecule has 1 aliphatic rings. The van der Waals surface area contributed by atoms with Gasteiger partial charge in [-0.1, -0.05) is 6.92 Å². The molecule has 8 heteroatoms. The van der Waals surface area contributed by atoms with Crippen LogP contribution in [0.25, 0.3) is 0 Å². The first-order valence-electron chi connectivity index (χ1n) is 7.73. The molecule has 1 heterocycles. The predicted octanol–water partition coefficient (Wildman–Crippen LogP) is -0.470. The average Bonchev–Trinajstić information content (AvgIpc) is 2.53. The van der Waals surface area contributed by atoms with Crippen molar-refractivity contribution < 1.29 is 27.8 Å². The van der Waals surface area contributed by atoms with Crippen LogP contribution in [0.3, 0.4) is 0 Å². The number of carboxylic acid groups (broad SMARTS) is 1. The number of carbonyl (C=O) groups is 1. The maximum atomic E-state index is 11.2. The fraction of sp³-hybridized carbons (Fsp3) is 0.857. The third kappa shape index (κ3) is 5.05. The monoisotopic (exact) mass is 332 g/mol. The van der Waals surface area contributed by atoms with Crippen molar-refractivity contribution in [3.63, 3.8) is 0 Å². The van der Waals surface area contributed by atoms with Crippen LogP contribution in [-0.4, -0.2) is 77.6 Å². The van der Waals surface area contributed by atoms with E-state index in [2.05, 4.69) is 4.58 Å². The molecule has 0 radical (unpaired) electrons. The molecule has 1 aliphatic heterocycles. The summed E-state index contributed by atoms with van der Waals surface area (Å²) in [5.74, 6) is -1.01. The molecule has 0 saturated heterocycles. The minimum atomic E-state index is -2.52. The number of hydrogen-bond acceptors (Lipinski definition) is 6. The number of rotatable bonds is 10. The van der Waals surface area contributed by atoms with Gasteiger partial charge in [0.2, 0.25) is 6.34 Å². The summed E-state index contributed by atoms with van der Waals surface area (Å²) in [6.45, 7) is 4.38. The molecule has 0 aliphatic carbocycles. The summed E-state index contributed by atoms with van der Waals surface area (Å²) in [6, 6.07) is 0.187. The van der Waals surface area contributed by atoms with Crippen molar-refractivity contribution in [2.75, 3.05) is 41.0 Å². The molecule has 0 aromatic heterocycles. The average molecular weight is 332 g/mol. The zero-order valence-electron chi connectivity index (χ0n) is 14.0. The van der Waals surface area contributed by atoms with Crippen LogP contribution >= 0.6 is 0 Å². The summed E-state index contributed by atoms with van der Waals surface area (Å²) >= 11 is 0. The van der Waals surface area contributed by atoms with Gasteiger partial charge in [-0.25, -0.2) is 0 Å². The molecule has 1 rings (SSSR count). The molecule has 1 unspecified atom stereocenters. The maximum absolute atomic E-state index is 11.2. The molecular weight excluding hydrogens is 304 g/mol. The lowest BCUT2D eigenvalue weighted by molar-refractivity contribution is -0.533. The Morgan fingerprint density at radius 2 is 2.00 bits per heavy atom. The first-order chi connectivity index (χ1) is 10.5. The van der Waals surface area contributed by atoms with Gasteiger partial charge in [-0.3, -0.25) is 9.48 Å². The summed E-state index contributed by atoms with van der Waals surface area (Å²) in [5, 5.41) is 11.2. The van der Waals surface area contributed by atoms with E-state index in [0.717, 1.165) is 38.5 Å². The van der Waals surface area contributed by atoms with Crippen molar-refractivity contribution in [1.29, 1.82) is 0 Å². The zero-order chi connectivity index (χ0) is 16.6. The van der Waals surface area contributed by atoms with Gasteiger partial charge in [0.25, 0.3) is 0 Å². The third-order valence-corrected chi connectivity index (χ3v) is 6.93. The van der Waals surface area contributed by atoms with Crippen molar-refractivity contribution in [3.8, 4) is 0 Å². The minimum absolute atomic E-state index is 0.541. The SMILES string of the molecule is CCC(C(=O)[O-])N1C=[N+](CCC[Si](OC)(OC)OC)CCC1. The Kier molecular flexibility index (Phi) is 8.01. The molecule has 0 amide bonds. The van der Waals surface area contributed by atoms with Gasteiger partial charge in [-0.2, -0.15) is 0 Å². The molecule has 0 N–H and O–H groups in total. The first-order valence-corrected chi connectivity index (χ1v) is 9.66. The van der Waals surface area contributed by atoms with Gasteiger partial charge in [0.05, 0.1) is 25.6 Å². The molecule has 0 fully saturated rings. The van der Waals surface area contributed by atoms with E-state index in [4.69, 9.17) is 13.3 Å². The molecule has 0 aromatic rings. The Balaban J connectivity index is 2.58. The van der Waals surface area contributed by atoms with Gasteiger partial charge in [0, 0.05) is 33.8 Å². The second-order valence-electron chi connectivity index (χ2n) is 5.38. The third-order valence-electron chi connectivity index (χ3n) is 4.09. The smallest absolute Gasteiger partial charge is 0.500 e. The van der Waals surface area contributed by atoms with Gasteiger partial charge in [0.15, 0.2) is 0 Å². The Morgan fingerprint density at radius 1 is 1.36 bits per heavy atom. The van der Waals surface area contributed by atoms with Gasteiger partial charge < -0.3 is 23.2 Å². The lowest BCUT2D eigenvalue weighted by Crippen LogP contribution is -2.51. The van der Waals surface area contributed by atoms with Crippen molar-refractivity contribution in [1.82, 2.24) is 4.90 Å². The normalized spacial score (nSPS) is 17.3. The molecule has 7 nitrogen and oxygen atoms in total. The highest BCUT2D eigenvalue weighted by Crippen LogP contribution is 2.15. The number of nitrogens with zero attached hydrogens (tertiary/aromatic N) is 2. The molecule has 0 saturated carbocycles. The Labute approximate surface area is 133 Å². The van der Waals surface area contributed by atoms with E-state index in [0.29, 0.717) is 6.42 Å². The highest BCUT2D eigenvalue weighted by Gasteiger charge is 2.37. The second kappa shape index (κ2) is 9.24. The number of carbonyl (C=O) groups excluding carboxylic acids is 1. The largest absolute Gasteiger partial charge is 0.546 e. The van der Waals surface area contributed by atoms with Crippen molar-refractivity contribution in [3.05, 3.63) is 0 Å². The summed E-state index contributed by atoms with van der Waals surface area (Å²) in [6.07, 6.45) is 4.28. The first kappa shape index (κ1) is 19.1. The van der Waals surface area contributed by atoms with Crippen LogP contribution in [-0.2, 0) is 18.1 Å². The Morgan fingerprint density at radius 3 is 2.50 bits per heavy atom. The Hall–Kier alpha value is -0.963. The quantitative estimate of drug-likeness (QED) is 0.398. The Bertz CT molecular complexity index is 379. The van der Waals surface area contributed by atoms with E-state index in [9.17, 15) is 9.90 Å². The minimum Gasteiger partial charge on any atom is -0.546 e. The van der Waals surface area contributed by atoms with Gasteiger partial charge in [-0.05, 0) is 12.8 Å². The highest BCUT2D eigenvalue weighted by molar-refractivity contribution is 6.60. The number of hydrogen-bond donors (Lipinski definition) is 0. The summed E-state index contributed by atoms with van der Waals surface area (Å²) in [7, 11) is 2.31. The van der Waals surface area contributed by atoms with Gasteiger partial charge >= 0.3 is 8.80 Å². The summed E-state index contributed by atoms with van der Waals surface area (Å²) in [5.41, 5.74) is 0. The highest BCUT2D eigenvalue weighted by atomic mass is 28.4. The van der Waals surface area contributed by atoms with E-state index >= 15 is 0 Å². The van der Waals surface area contributed by atoms with Crippen LogP contribution in [0.2, 0.25) is 6.04 Å². The van der Waals surface area contributed by atoms with E-state index in [-0.39, 0.29) is 0 Å². The molecule has 0 aromatic carbocycles. The molecule has 128 valence electrons. The van der Waals surface area contributed by atoms with Crippen LogP contribution in [0, 0.1) is 0 Å². The molecule has 22 heavy (non-hydrogen) atoms. The maximum Gasteiger partial charge on any atom is 0.500 e. The molecule has 1 atom stereocenters. The lowest BCUT2D eigenvalue weighted by atomic mass is 10.2. The van der Waals surface area contributed by atoms with E-state index < -0.39 is 20.8 Å². The number of aliphatic carboxylic acids is 1. The van der Waals surface area contributed by atoms with Gasteiger partial charge in [-0.15, -0.1) is 0 Å². The molecule has 0 bridgehead atoms. The molecule has 0 spiro atoms. The van der Waals surface area contributed by atoms with Crippen LogP contribution in [0.5, 0.6) is 0 Å². The topological polar surface area (TPSA) is 74.1 Å². The fourth-order valence-corrected chi connectivity index (χ4v) is 4.48. The van der Waals surface area contributed by atoms with Crippen LogP contribution < -0.4 is 5.11 Å². The van der Waals surface area contributed by atoms with E-state index in [1.165, 1.54) is 0 Å². The lowest BCUT2D eigenvalue weighted by Gasteiger charge is -2.28. The molecular formula is C14H28N2O5Si. The fourth-order valence-electron chi connectivity index (χ4n) is 2.78. The summed E-state index contributed by atoms with van der Waals surface area (Å²) < 4.78 is 18.4. The van der Waals surface area contributed by atoms with Crippen molar-refractivity contribution in [2.45, 2.75) is 38.3 Å². The number of carboxylic acids is 1. The van der Waals surface area contributed by atoms with Crippen LogP contribution in [0.1, 0.15) is 26.2 Å². The standard InChI is InChI=1S/C14H28N2O5Si/c1-5-13(14(17)18)16-10-6-8-15(12-16)9-7-11-22(19-2,20-3)21-4/h12-13H,5-11H2,1-4H3. The van der Waals surface area contributed by atoms with Crippen molar-refractivity contribution >= 4 is 21.1 Å². The zero-order valence-corrected chi connectivity index (χ0v) is 15.0. The second-order valence-corrected chi connectivity index (χ2v) is 8.48. The van der Waals surface area contributed by atoms with Gasteiger partial charge in [0.1, 0.15) is 6.04 Å². The summed E-state index contributed by atoms with van der Waals surface area (Å²) in [4.78, 5) is 13.0. The van der Waals surface area contributed by atoms with Crippen molar-refractivity contribution in [2.24, 2.45) is 0 Å². The van der Waals surface area contributed by atoms with E-state index in [1.54, 1.807) is 21.3 Å². The predicted molar refractivity (Wildman–Crippen MR) is 82.7 cm³/mol. The van der Waals surface area contributed by atoms with Crippen LogP contribution in [0.4, 0.5) is 0 Å². The van der Waals surface area contributed by atoms with E-state index in [1.807, 2.05) is 18.2 Å². The van der Waals surface area contributed by atoms with Crippen LogP contribution in [0.15, 0.2) is 0 Å².